The second-order valence-electron chi connectivity index (χ2n) is 14.9. The van der Waals surface area contributed by atoms with Gasteiger partial charge in [-0.1, -0.05) is 182 Å². The minimum atomic E-state index is -0.216. The molecule has 0 bridgehead atoms. The molecular weight excluding hydrogens is 649 g/mol. The van der Waals surface area contributed by atoms with Crippen LogP contribution in [0.3, 0.4) is 0 Å². The van der Waals surface area contributed by atoms with Crippen molar-refractivity contribution in [2.45, 2.75) is 12.3 Å². The van der Waals surface area contributed by atoms with Gasteiger partial charge in [-0.3, -0.25) is 0 Å². The van der Waals surface area contributed by atoms with E-state index in [1.54, 1.807) is 0 Å². The van der Waals surface area contributed by atoms with Gasteiger partial charge >= 0.3 is 0 Å². The first-order valence-electron chi connectivity index (χ1n) is 18.9. The van der Waals surface area contributed by atoms with Crippen molar-refractivity contribution < 1.29 is 0 Å². The van der Waals surface area contributed by atoms with Crippen molar-refractivity contribution >= 4 is 43.1 Å². The SMILES string of the molecule is CC1(c2ccccc2)c2ccccc2-c2cc3ccc(-c4ccc(-c5c6ccccc6c(-c6ccccc6)c6c5ccc5ccccc56)cc4)cc3cc21. The summed E-state index contributed by atoms with van der Waals surface area (Å²) in [6.45, 7) is 2.39. The fourth-order valence-electron chi connectivity index (χ4n) is 9.49. The lowest BCUT2D eigenvalue weighted by atomic mass is 9.74. The predicted octanol–water partition coefficient (Wildman–Crippen LogP) is 14.6. The lowest BCUT2D eigenvalue weighted by Gasteiger charge is -2.28. The molecule has 0 heteroatoms. The maximum atomic E-state index is 2.45. The van der Waals surface area contributed by atoms with E-state index in [4.69, 9.17) is 0 Å². The van der Waals surface area contributed by atoms with Crippen LogP contribution in [-0.2, 0) is 5.41 Å². The summed E-state index contributed by atoms with van der Waals surface area (Å²) < 4.78 is 0. The lowest BCUT2D eigenvalue weighted by molar-refractivity contribution is 0.715. The predicted molar refractivity (Wildman–Crippen MR) is 230 cm³/mol. The van der Waals surface area contributed by atoms with Crippen LogP contribution in [0.5, 0.6) is 0 Å². The van der Waals surface area contributed by atoms with Crippen LogP contribution < -0.4 is 0 Å². The molecule has 11 rings (SSSR count). The highest BCUT2D eigenvalue weighted by molar-refractivity contribution is 6.27. The topological polar surface area (TPSA) is 0 Å². The molecule has 0 saturated heterocycles. The van der Waals surface area contributed by atoms with Gasteiger partial charge in [0.2, 0.25) is 0 Å². The third-order valence-electron chi connectivity index (χ3n) is 12.1. The maximum absolute atomic E-state index is 2.45. The van der Waals surface area contributed by atoms with Gasteiger partial charge in [-0.05, 0) is 129 Å². The summed E-state index contributed by atoms with van der Waals surface area (Å²) in [6.07, 6.45) is 0. The summed E-state index contributed by atoms with van der Waals surface area (Å²) in [5.74, 6) is 0. The quantitative estimate of drug-likeness (QED) is 0.128. The molecule has 252 valence electrons. The van der Waals surface area contributed by atoms with E-state index in [0.717, 1.165) is 0 Å². The van der Waals surface area contributed by atoms with Crippen LogP contribution in [0.15, 0.2) is 200 Å². The summed E-state index contributed by atoms with van der Waals surface area (Å²) in [5.41, 5.74) is 14.0. The highest BCUT2D eigenvalue weighted by Crippen LogP contribution is 2.53. The van der Waals surface area contributed by atoms with Gasteiger partial charge in [0.1, 0.15) is 0 Å². The third kappa shape index (κ3) is 4.50. The van der Waals surface area contributed by atoms with Crippen LogP contribution in [0.2, 0.25) is 0 Å². The van der Waals surface area contributed by atoms with Crippen molar-refractivity contribution in [2.75, 3.05) is 0 Å². The molecule has 10 aromatic rings. The van der Waals surface area contributed by atoms with Crippen LogP contribution in [0.1, 0.15) is 23.6 Å². The molecule has 0 amide bonds. The number of hydrogen-bond donors (Lipinski definition) is 0. The van der Waals surface area contributed by atoms with Crippen LogP contribution in [-0.4, -0.2) is 0 Å². The highest BCUT2D eigenvalue weighted by Gasteiger charge is 2.40. The third-order valence-corrected chi connectivity index (χ3v) is 12.1. The molecule has 0 aromatic heterocycles. The summed E-state index contributed by atoms with van der Waals surface area (Å²) in [5, 5.41) is 10.2. The normalized spacial score (nSPS) is 14.8. The molecule has 0 saturated carbocycles. The van der Waals surface area contributed by atoms with E-state index in [1.165, 1.54) is 104 Å². The number of fused-ring (bicyclic) bond motifs is 8. The smallest absolute Gasteiger partial charge is 0.0435 e. The molecule has 1 atom stereocenters. The molecule has 10 aromatic carbocycles. The second kappa shape index (κ2) is 11.9. The average Bonchev–Trinajstić information content (AvgIpc) is 3.49. The zero-order valence-electron chi connectivity index (χ0n) is 30.1. The first kappa shape index (κ1) is 30.8. The van der Waals surface area contributed by atoms with Crippen LogP contribution in [0, 0.1) is 0 Å². The monoisotopic (exact) mass is 684 g/mol. The zero-order chi connectivity index (χ0) is 35.8. The molecule has 0 fully saturated rings. The summed E-state index contributed by atoms with van der Waals surface area (Å²) in [7, 11) is 0. The molecule has 0 radical (unpaired) electrons. The van der Waals surface area contributed by atoms with Gasteiger partial charge in [-0.2, -0.15) is 0 Å². The molecule has 1 aliphatic carbocycles. The molecule has 0 spiro atoms. The van der Waals surface area contributed by atoms with E-state index in [-0.39, 0.29) is 5.41 Å². The van der Waals surface area contributed by atoms with E-state index in [1.807, 2.05) is 0 Å². The Bertz CT molecular complexity index is 3080. The Kier molecular flexibility index (Phi) is 6.78. The van der Waals surface area contributed by atoms with Crippen LogP contribution in [0.25, 0.3) is 87.6 Å². The van der Waals surface area contributed by atoms with E-state index >= 15 is 0 Å². The van der Waals surface area contributed by atoms with E-state index in [0.29, 0.717) is 0 Å². The second-order valence-corrected chi connectivity index (χ2v) is 14.9. The van der Waals surface area contributed by atoms with Crippen molar-refractivity contribution in [3.8, 4) is 44.5 Å². The highest BCUT2D eigenvalue weighted by atomic mass is 14.4. The first-order chi connectivity index (χ1) is 26.7. The Morgan fingerprint density at radius 3 is 1.70 bits per heavy atom. The molecule has 1 unspecified atom stereocenters. The Labute approximate surface area is 315 Å². The van der Waals surface area contributed by atoms with Crippen molar-refractivity contribution in [1.82, 2.24) is 0 Å². The van der Waals surface area contributed by atoms with Crippen molar-refractivity contribution in [3.05, 3.63) is 217 Å². The van der Waals surface area contributed by atoms with Gasteiger partial charge in [0.05, 0.1) is 0 Å². The minimum Gasteiger partial charge on any atom is -0.0622 e. The largest absolute Gasteiger partial charge is 0.0622 e. The number of hydrogen-bond acceptors (Lipinski definition) is 0. The average molecular weight is 685 g/mol. The van der Waals surface area contributed by atoms with Gasteiger partial charge < -0.3 is 0 Å². The van der Waals surface area contributed by atoms with Gasteiger partial charge in [0.25, 0.3) is 0 Å². The molecule has 54 heavy (non-hydrogen) atoms. The Balaban J connectivity index is 1.07. The maximum Gasteiger partial charge on any atom is 0.0435 e. The van der Waals surface area contributed by atoms with Gasteiger partial charge in [-0.25, -0.2) is 0 Å². The summed E-state index contributed by atoms with van der Waals surface area (Å²) in [4.78, 5) is 0. The molecule has 0 N–H and O–H groups in total. The summed E-state index contributed by atoms with van der Waals surface area (Å²) in [6, 6.07) is 74.3. The van der Waals surface area contributed by atoms with E-state index < -0.39 is 0 Å². The van der Waals surface area contributed by atoms with Crippen molar-refractivity contribution in [1.29, 1.82) is 0 Å². The van der Waals surface area contributed by atoms with E-state index in [2.05, 4.69) is 207 Å². The van der Waals surface area contributed by atoms with Crippen molar-refractivity contribution in [2.24, 2.45) is 0 Å². The Morgan fingerprint density at radius 2 is 0.907 bits per heavy atom. The Morgan fingerprint density at radius 1 is 0.315 bits per heavy atom. The zero-order valence-corrected chi connectivity index (χ0v) is 30.1. The van der Waals surface area contributed by atoms with Crippen LogP contribution >= 0.6 is 0 Å². The lowest BCUT2D eigenvalue weighted by Crippen LogP contribution is -2.22. The van der Waals surface area contributed by atoms with Gasteiger partial charge in [0, 0.05) is 5.41 Å². The molecule has 0 heterocycles. The molecule has 0 aliphatic heterocycles. The number of rotatable bonds is 4. The molecular formula is C54H36. The Hall–Kier alpha value is -6.76. The standard InChI is InChI=1S/C54H36/c1-54(42-17-6-3-7-18-42)49-23-13-12-20-44(49)48-33-40-29-28-39(32-41(40)34-50(48)54)35-24-26-38(27-25-35)51-45-21-10-11-22-46(45)52(37-15-4-2-5-16-37)53-43-19-9-8-14-36(43)30-31-47(51)53/h2-34H,1H3. The fourth-order valence-corrected chi connectivity index (χ4v) is 9.49. The fraction of sp³-hybridized carbons (Fsp3) is 0.0370. The van der Waals surface area contributed by atoms with Crippen molar-refractivity contribution in [3.63, 3.8) is 0 Å². The number of benzene rings is 10. The van der Waals surface area contributed by atoms with Gasteiger partial charge in [-0.15, -0.1) is 0 Å². The summed E-state index contributed by atoms with van der Waals surface area (Å²) >= 11 is 0. The first-order valence-corrected chi connectivity index (χ1v) is 18.9. The van der Waals surface area contributed by atoms with E-state index in [9.17, 15) is 0 Å². The molecule has 1 aliphatic rings. The van der Waals surface area contributed by atoms with Gasteiger partial charge in [0.15, 0.2) is 0 Å². The van der Waals surface area contributed by atoms with Crippen LogP contribution in [0.4, 0.5) is 0 Å². The minimum absolute atomic E-state index is 0.216. The molecule has 0 nitrogen and oxygen atoms in total.